The molecule has 0 aliphatic carbocycles. The monoisotopic (exact) mass is 407 g/mol. The van der Waals surface area contributed by atoms with Crippen molar-refractivity contribution in [2.45, 2.75) is 20.3 Å². The van der Waals surface area contributed by atoms with Gasteiger partial charge < -0.3 is 19.9 Å². The number of aromatic nitrogens is 5. The number of hydrogen-bond donors (Lipinski definition) is 2. The molecule has 0 saturated carbocycles. The van der Waals surface area contributed by atoms with E-state index >= 15 is 0 Å². The second-order valence-corrected chi connectivity index (χ2v) is 7.71. The third-order valence-electron chi connectivity index (χ3n) is 5.44. The Morgan fingerprint density at radius 3 is 2.73 bits per heavy atom. The molecule has 0 bridgehead atoms. The Kier molecular flexibility index (Phi) is 4.38. The Labute approximate surface area is 172 Å². The minimum Gasteiger partial charge on any atom is -0.421 e. The molecule has 1 aliphatic rings. The maximum absolute atomic E-state index is 14.3. The molecule has 0 spiro atoms. The lowest BCUT2D eigenvalue weighted by Gasteiger charge is -2.18. The van der Waals surface area contributed by atoms with Crippen molar-refractivity contribution in [3.63, 3.8) is 0 Å². The van der Waals surface area contributed by atoms with Crippen molar-refractivity contribution in [3.05, 3.63) is 36.2 Å². The third-order valence-corrected chi connectivity index (χ3v) is 5.44. The van der Waals surface area contributed by atoms with Crippen LogP contribution >= 0.6 is 0 Å². The molecule has 3 aromatic heterocycles. The number of rotatable bonds is 4. The Morgan fingerprint density at radius 1 is 1.23 bits per heavy atom. The van der Waals surface area contributed by atoms with E-state index in [4.69, 9.17) is 9.72 Å². The summed E-state index contributed by atoms with van der Waals surface area (Å²) in [6, 6.07) is 3.18. The number of fused-ring (bicyclic) bond motifs is 3. The summed E-state index contributed by atoms with van der Waals surface area (Å²) in [5.74, 6) is 2.10. The summed E-state index contributed by atoms with van der Waals surface area (Å²) in [7, 11) is 1.76. The van der Waals surface area contributed by atoms with Gasteiger partial charge in [0.05, 0.1) is 29.0 Å². The maximum Gasteiger partial charge on any atom is 0.326 e. The van der Waals surface area contributed by atoms with Crippen molar-refractivity contribution in [1.29, 1.82) is 0 Å². The molecule has 2 N–H and O–H groups in total. The van der Waals surface area contributed by atoms with E-state index in [1.807, 2.05) is 6.92 Å². The molecule has 0 amide bonds. The zero-order valence-corrected chi connectivity index (χ0v) is 17.0. The molecule has 8 nitrogen and oxygen atoms in total. The summed E-state index contributed by atoms with van der Waals surface area (Å²) in [6.07, 6.45) is 4.26. The Morgan fingerprint density at radius 2 is 2.03 bits per heavy atom. The molecule has 5 rings (SSSR count). The highest BCUT2D eigenvalue weighted by molar-refractivity contribution is 6.14. The van der Waals surface area contributed by atoms with Gasteiger partial charge in [-0.3, -0.25) is 0 Å². The van der Waals surface area contributed by atoms with Crippen molar-refractivity contribution < 1.29 is 9.13 Å². The van der Waals surface area contributed by atoms with Crippen molar-refractivity contribution in [2.75, 3.05) is 30.4 Å². The normalized spacial score (nSPS) is 16.5. The van der Waals surface area contributed by atoms with Crippen LogP contribution in [0.4, 0.5) is 15.9 Å². The Hall–Kier alpha value is -3.49. The van der Waals surface area contributed by atoms with E-state index in [1.54, 1.807) is 19.4 Å². The summed E-state index contributed by atoms with van der Waals surface area (Å²) in [5.41, 5.74) is 2.05. The van der Waals surface area contributed by atoms with Gasteiger partial charge >= 0.3 is 6.01 Å². The molecule has 0 radical (unpaired) electrons. The predicted molar refractivity (Wildman–Crippen MR) is 114 cm³/mol. The summed E-state index contributed by atoms with van der Waals surface area (Å²) in [6.45, 7) is 5.77. The molecule has 30 heavy (non-hydrogen) atoms. The van der Waals surface area contributed by atoms with Crippen molar-refractivity contribution in [2.24, 2.45) is 5.92 Å². The first-order valence-electron chi connectivity index (χ1n) is 9.94. The summed E-state index contributed by atoms with van der Waals surface area (Å²) < 4.78 is 20.2. The lowest BCUT2D eigenvalue weighted by atomic mass is 10.1. The van der Waals surface area contributed by atoms with Crippen LogP contribution in [0, 0.1) is 18.7 Å². The highest BCUT2D eigenvalue weighted by atomic mass is 19.1. The van der Waals surface area contributed by atoms with Gasteiger partial charge in [0.2, 0.25) is 0 Å². The van der Waals surface area contributed by atoms with Gasteiger partial charge in [0.15, 0.2) is 5.75 Å². The average molecular weight is 407 g/mol. The van der Waals surface area contributed by atoms with Crippen LogP contribution in [0.5, 0.6) is 11.8 Å². The molecular weight excluding hydrogens is 385 g/mol. The number of hydrogen-bond acceptors (Lipinski definition) is 7. The third kappa shape index (κ3) is 3.16. The second kappa shape index (κ2) is 7.08. The molecule has 1 atom stereocenters. The number of halogens is 1. The number of aromatic amines is 1. The maximum atomic E-state index is 14.3. The minimum absolute atomic E-state index is 0.197. The molecule has 1 unspecified atom stereocenters. The van der Waals surface area contributed by atoms with E-state index in [1.165, 1.54) is 12.1 Å². The number of nitrogens with one attached hydrogen (secondary N) is 2. The molecule has 1 aliphatic heterocycles. The van der Waals surface area contributed by atoms with Gasteiger partial charge in [-0.25, -0.2) is 14.4 Å². The van der Waals surface area contributed by atoms with Gasteiger partial charge in [-0.2, -0.15) is 9.97 Å². The molecule has 154 valence electrons. The van der Waals surface area contributed by atoms with Crippen LogP contribution in [-0.4, -0.2) is 45.1 Å². The van der Waals surface area contributed by atoms with Gasteiger partial charge in [-0.1, -0.05) is 6.92 Å². The van der Waals surface area contributed by atoms with Crippen LogP contribution in [0.25, 0.3) is 21.9 Å². The van der Waals surface area contributed by atoms with Crippen molar-refractivity contribution in [1.82, 2.24) is 24.9 Å². The van der Waals surface area contributed by atoms with E-state index in [0.29, 0.717) is 28.8 Å². The summed E-state index contributed by atoms with van der Waals surface area (Å²) >= 11 is 0. The molecule has 4 heterocycles. The quantitative estimate of drug-likeness (QED) is 0.528. The van der Waals surface area contributed by atoms with Crippen molar-refractivity contribution >= 4 is 33.4 Å². The van der Waals surface area contributed by atoms with E-state index in [2.05, 4.69) is 37.1 Å². The fourth-order valence-corrected chi connectivity index (χ4v) is 3.96. The number of nitrogens with zero attached hydrogens (tertiary/aromatic N) is 5. The van der Waals surface area contributed by atoms with Crippen LogP contribution in [0.1, 0.15) is 19.2 Å². The van der Waals surface area contributed by atoms with E-state index in [-0.39, 0.29) is 11.8 Å². The average Bonchev–Trinajstić information content (AvgIpc) is 3.32. The van der Waals surface area contributed by atoms with Crippen LogP contribution in [0.15, 0.2) is 24.5 Å². The lowest BCUT2D eigenvalue weighted by Crippen LogP contribution is -2.21. The Balaban J connectivity index is 1.71. The highest BCUT2D eigenvalue weighted by Gasteiger charge is 2.26. The minimum atomic E-state index is -0.314. The number of aryl methyl sites for hydroxylation is 1. The molecule has 9 heteroatoms. The van der Waals surface area contributed by atoms with Gasteiger partial charge in [0.1, 0.15) is 23.1 Å². The van der Waals surface area contributed by atoms with Gasteiger partial charge in [0, 0.05) is 25.5 Å². The molecule has 1 saturated heterocycles. The van der Waals surface area contributed by atoms with E-state index < -0.39 is 0 Å². The van der Waals surface area contributed by atoms with Crippen LogP contribution in [0.2, 0.25) is 0 Å². The molecular formula is C21H22FN7O. The number of H-pyrrole nitrogens is 1. The molecule has 4 aromatic rings. The predicted octanol–water partition coefficient (Wildman–Crippen LogP) is 4.03. The van der Waals surface area contributed by atoms with E-state index in [9.17, 15) is 4.39 Å². The highest BCUT2D eigenvalue weighted by Crippen LogP contribution is 2.38. The SMILES string of the molecule is CNc1cc(F)cc2c1[nH]c1nc(Oc3cnc(C)nc3)nc(N3CCC(C)C3)c12. The van der Waals surface area contributed by atoms with Crippen molar-refractivity contribution in [3.8, 4) is 11.8 Å². The zero-order chi connectivity index (χ0) is 20.8. The number of anilines is 2. The van der Waals surface area contributed by atoms with Gasteiger partial charge in [-0.15, -0.1) is 0 Å². The standard InChI is InChI=1S/C21H22FN7O/c1-11-4-5-29(10-11)20-17-15-6-13(22)7-16(23-3)18(15)26-19(17)27-21(28-20)30-14-8-24-12(2)25-9-14/h6-9,11,23H,4-5,10H2,1-3H3,(H,26,27,28). The lowest BCUT2D eigenvalue weighted by molar-refractivity contribution is 0.439. The fourth-order valence-electron chi connectivity index (χ4n) is 3.96. The Bertz CT molecular complexity index is 1240. The number of benzene rings is 1. The first-order chi connectivity index (χ1) is 14.5. The van der Waals surface area contributed by atoms with Gasteiger partial charge in [-0.05, 0) is 31.4 Å². The van der Waals surface area contributed by atoms with Gasteiger partial charge in [0.25, 0.3) is 0 Å². The van der Waals surface area contributed by atoms with Crippen LogP contribution < -0.4 is 15.0 Å². The number of ether oxygens (including phenoxy) is 1. The largest absolute Gasteiger partial charge is 0.421 e. The summed E-state index contributed by atoms with van der Waals surface area (Å²) in [5, 5.41) is 4.59. The fraction of sp³-hybridized carbons (Fsp3) is 0.333. The summed E-state index contributed by atoms with van der Waals surface area (Å²) in [4.78, 5) is 23.1. The zero-order valence-electron chi connectivity index (χ0n) is 17.0. The van der Waals surface area contributed by atoms with Crippen LogP contribution in [-0.2, 0) is 0 Å². The topological polar surface area (TPSA) is 91.8 Å². The first kappa shape index (κ1) is 18.5. The first-order valence-corrected chi connectivity index (χ1v) is 9.94. The smallest absolute Gasteiger partial charge is 0.326 e. The second-order valence-electron chi connectivity index (χ2n) is 7.71. The molecule has 1 fully saturated rings. The van der Waals surface area contributed by atoms with Crippen LogP contribution in [0.3, 0.4) is 0 Å². The molecule has 1 aromatic carbocycles. The van der Waals surface area contributed by atoms with E-state index in [0.717, 1.165) is 41.6 Å².